The van der Waals surface area contributed by atoms with Crippen molar-refractivity contribution < 1.29 is 37.1 Å². The summed E-state index contributed by atoms with van der Waals surface area (Å²) < 4.78 is 45.3. The average molecular weight is 909 g/mol. The van der Waals surface area contributed by atoms with Crippen molar-refractivity contribution in [3.8, 4) is 11.1 Å². The van der Waals surface area contributed by atoms with Crippen LogP contribution in [0.15, 0.2) is 60.8 Å². The number of carbonyl (C=O) groups is 5. The highest BCUT2D eigenvalue weighted by atomic mass is 19.3. The molecule has 0 spiro atoms. The van der Waals surface area contributed by atoms with Crippen molar-refractivity contribution in [3.63, 3.8) is 0 Å². The van der Waals surface area contributed by atoms with E-state index >= 15 is 0 Å². The second-order valence-electron chi connectivity index (χ2n) is 17.4. The summed E-state index contributed by atoms with van der Waals surface area (Å²) in [5.74, 6) is -0.0795. The fraction of sp³-hybridized carbons (Fsp3) is 0.440. The van der Waals surface area contributed by atoms with Gasteiger partial charge in [0, 0.05) is 92.5 Å². The van der Waals surface area contributed by atoms with Crippen LogP contribution < -0.4 is 10.2 Å². The molecular weight excluding hydrogens is 850 g/mol. The predicted molar refractivity (Wildman–Crippen MR) is 246 cm³/mol. The topological polar surface area (TPSA) is 131 Å². The number of halogens is 3. The molecule has 16 heteroatoms. The molecule has 66 heavy (non-hydrogen) atoms. The van der Waals surface area contributed by atoms with Crippen LogP contribution in [0.2, 0.25) is 0 Å². The maximum Gasteiger partial charge on any atom is 0.264 e. The van der Waals surface area contributed by atoms with Gasteiger partial charge in [0.15, 0.2) is 12.1 Å². The van der Waals surface area contributed by atoms with Crippen molar-refractivity contribution in [2.24, 2.45) is 0 Å². The summed E-state index contributed by atoms with van der Waals surface area (Å²) in [6.07, 6.45) is 3.76. The van der Waals surface area contributed by atoms with Crippen LogP contribution in [-0.2, 0) is 46.9 Å². The number of piperidine rings is 1. The molecule has 1 fully saturated rings. The summed E-state index contributed by atoms with van der Waals surface area (Å²) in [6, 6.07) is 12.3. The number of aldehydes is 1. The smallest absolute Gasteiger partial charge is 0.264 e. The van der Waals surface area contributed by atoms with Crippen molar-refractivity contribution in [1.29, 1.82) is 0 Å². The van der Waals surface area contributed by atoms with E-state index in [0.29, 0.717) is 136 Å². The molecule has 4 aliphatic rings. The Bertz CT molecular complexity index is 2470. The second kappa shape index (κ2) is 20.9. The molecule has 0 saturated carbocycles. The quantitative estimate of drug-likeness (QED) is 0.120. The molecule has 1 aromatic heterocycles. The van der Waals surface area contributed by atoms with Gasteiger partial charge in [-0.15, -0.1) is 0 Å². The van der Waals surface area contributed by atoms with Crippen LogP contribution in [0.1, 0.15) is 120 Å². The number of allylic oxidation sites excluding steroid dienone is 1. The van der Waals surface area contributed by atoms with Crippen molar-refractivity contribution in [2.75, 3.05) is 44.7 Å². The summed E-state index contributed by atoms with van der Waals surface area (Å²) >= 11 is 0. The minimum atomic E-state index is -2.77. The molecule has 350 valence electrons. The summed E-state index contributed by atoms with van der Waals surface area (Å²) in [6.45, 7) is 13.3. The maximum atomic E-state index is 14.7. The third-order valence-electron chi connectivity index (χ3n) is 13.4. The molecule has 0 aliphatic carbocycles. The van der Waals surface area contributed by atoms with Crippen molar-refractivity contribution in [2.45, 2.75) is 104 Å². The highest BCUT2D eigenvalue weighted by Crippen LogP contribution is 2.44. The average Bonchev–Trinajstić information content (AvgIpc) is 3.92. The summed E-state index contributed by atoms with van der Waals surface area (Å²) in [7, 11) is 1.69. The van der Waals surface area contributed by atoms with Gasteiger partial charge in [-0.05, 0) is 110 Å². The molecule has 0 bridgehead atoms. The Morgan fingerprint density at radius 1 is 0.939 bits per heavy atom. The molecule has 3 aromatic carbocycles. The van der Waals surface area contributed by atoms with E-state index in [0.717, 1.165) is 40.8 Å². The third-order valence-corrected chi connectivity index (χ3v) is 13.4. The molecule has 4 aliphatic heterocycles. The largest absolute Gasteiger partial charge is 0.341 e. The standard InChI is InChI=1S/C48H53F3N8O5.C2H6/c1-30(52-28-61)6-7-31(2)54(3)48(64)40-21-35-24-56(23-34(35)19-36(40)27-60)26-45(63)57-17-12-38(13-18-57)59-43-14-16-55(29-62)25-42(43)47(53-59)58-15-4-5-33-20-39(32-8-10-37(49)11-9-32)41(46(50)51)22-44(33)58;1-2/h8-11,19-22,27-29,31,38,46H,1,4-7,12-18,23-26H2,2-3H3,(H,52,61);1-2H3. The van der Waals surface area contributed by atoms with Gasteiger partial charge in [-0.2, -0.15) is 5.10 Å². The van der Waals surface area contributed by atoms with Crippen LogP contribution in [-0.4, -0.2) is 106 Å². The zero-order chi connectivity index (χ0) is 47.2. The van der Waals surface area contributed by atoms with Crippen LogP contribution in [0.4, 0.5) is 24.7 Å². The lowest BCUT2D eigenvalue weighted by Gasteiger charge is -2.34. The number of aromatic nitrogens is 2. The third kappa shape index (κ3) is 9.93. The fourth-order valence-corrected chi connectivity index (χ4v) is 9.70. The van der Waals surface area contributed by atoms with Crippen LogP contribution in [0.3, 0.4) is 0 Å². The summed E-state index contributed by atoms with van der Waals surface area (Å²) in [4.78, 5) is 71.6. The Kier molecular flexibility index (Phi) is 15.1. The lowest BCUT2D eigenvalue weighted by atomic mass is 9.91. The molecule has 8 rings (SSSR count). The van der Waals surface area contributed by atoms with Gasteiger partial charge < -0.3 is 24.9 Å². The highest BCUT2D eigenvalue weighted by Gasteiger charge is 2.35. The number of nitrogens with one attached hydrogen (secondary N) is 1. The number of fused-ring (bicyclic) bond motifs is 3. The number of likely N-dealkylation sites (tertiary alicyclic amines) is 1. The highest BCUT2D eigenvalue weighted by molar-refractivity contribution is 6.02. The number of hydrogen-bond donors (Lipinski definition) is 1. The minimum Gasteiger partial charge on any atom is -0.341 e. The van der Waals surface area contributed by atoms with E-state index < -0.39 is 12.2 Å². The molecule has 4 aromatic rings. The SMILES string of the molecule is C=C(CCC(C)N(C)C(=O)c1cc2c(cc1C=O)CN(CC(=O)N1CCC(n3nc(N4CCCc5cc(-c6ccc(F)cc6)c(C(F)F)cc54)c4c3CCN(C=O)C4)CC1)C2)NC=O.CC. The van der Waals surface area contributed by atoms with Crippen molar-refractivity contribution in [3.05, 3.63) is 111 Å². The first kappa shape index (κ1) is 47.7. The Hall–Kier alpha value is -6.29. The molecule has 1 atom stereocenters. The first-order chi connectivity index (χ1) is 31.9. The van der Waals surface area contributed by atoms with Gasteiger partial charge in [0.05, 0.1) is 24.7 Å². The molecule has 0 radical (unpaired) electrons. The first-order valence-corrected chi connectivity index (χ1v) is 22.9. The van der Waals surface area contributed by atoms with Gasteiger partial charge in [0.1, 0.15) is 5.82 Å². The van der Waals surface area contributed by atoms with E-state index in [9.17, 15) is 37.1 Å². The molecule has 1 unspecified atom stereocenters. The van der Waals surface area contributed by atoms with E-state index in [1.807, 2.05) is 35.5 Å². The van der Waals surface area contributed by atoms with Gasteiger partial charge >= 0.3 is 0 Å². The first-order valence-electron chi connectivity index (χ1n) is 22.9. The minimum absolute atomic E-state index is 0.0121. The summed E-state index contributed by atoms with van der Waals surface area (Å²) in [5, 5.41) is 7.75. The van der Waals surface area contributed by atoms with Crippen LogP contribution in [0, 0.1) is 5.82 Å². The number of benzene rings is 3. The fourth-order valence-electron chi connectivity index (χ4n) is 9.70. The number of aryl methyl sites for hydroxylation is 1. The molecule has 13 nitrogen and oxygen atoms in total. The molecule has 1 N–H and O–H groups in total. The Morgan fingerprint density at radius 3 is 2.32 bits per heavy atom. The van der Waals surface area contributed by atoms with Crippen LogP contribution in [0.5, 0.6) is 0 Å². The van der Waals surface area contributed by atoms with E-state index in [2.05, 4.69) is 16.6 Å². The monoisotopic (exact) mass is 908 g/mol. The van der Waals surface area contributed by atoms with E-state index in [1.165, 1.54) is 24.3 Å². The van der Waals surface area contributed by atoms with E-state index in [-0.39, 0.29) is 36.0 Å². The van der Waals surface area contributed by atoms with Gasteiger partial charge in [-0.3, -0.25) is 33.6 Å². The zero-order valence-electron chi connectivity index (χ0n) is 38.2. The number of carbonyl (C=O) groups excluding carboxylic acids is 5. The van der Waals surface area contributed by atoms with Gasteiger partial charge in [-0.25, -0.2) is 13.2 Å². The number of nitrogens with zero attached hydrogens (tertiary/aromatic N) is 7. The second-order valence-corrected chi connectivity index (χ2v) is 17.4. The van der Waals surface area contributed by atoms with Crippen molar-refractivity contribution >= 4 is 42.4 Å². The van der Waals surface area contributed by atoms with Crippen LogP contribution >= 0.6 is 0 Å². The Balaban J connectivity index is 0.00000320. The lowest BCUT2D eigenvalue weighted by Crippen LogP contribution is -2.43. The number of amides is 4. The predicted octanol–water partition coefficient (Wildman–Crippen LogP) is 7.74. The molecule has 4 amide bonds. The maximum absolute atomic E-state index is 14.7. The van der Waals surface area contributed by atoms with E-state index in [1.54, 1.807) is 41.1 Å². The molecular formula is C50H59F3N8O5. The van der Waals surface area contributed by atoms with Crippen molar-refractivity contribution in [1.82, 2.24) is 34.7 Å². The number of rotatable bonds is 15. The van der Waals surface area contributed by atoms with Gasteiger partial charge in [-0.1, -0.05) is 32.6 Å². The molecule has 1 saturated heterocycles. The van der Waals surface area contributed by atoms with E-state index in [4.69, 9.17) is 5.10 Å². The van der Waals surface area contributed by atoms with Gasteiger partial charge in [0.2, 0.25) is 18.7 Å². The Labute approximate surface area is 384 Å². The molecule has 5 heterocycles. The van der Waals surface area contributed by atoms with Gasteiger partial charge in [0.25, 0.3) is 12.3 Å². The summed E-state index contributed by atoms with van der Waals surface area (Å²) in [5.41, 5.74) is 7.19. The lowest BCUT2D eigenvalue weighted by molar-refractivity contribution is -0.134. The normalized spacial score (nSPS) is 16.4. The number of anilines is 2. The van der Waals surface area contributed by atoms with Crippen LogP contribution in [0.25, 0.3) is 11.1 Å². The number of hydrogen-bond acceptors (Lipinski definition) is 8. The number of alkyl halides is 2. The zero-order valence-corrected chi connectivity index (χ0v) is 38.2. The Morgan fingerprint density at radius 2 is 1.65 bits per heavy atom.